The van der Waals surface area contributed by atoms with Crippen LogP contribution in [-0.4, -0.2) is 38.1 Å². The topological polar surface area (TPSA) is 55.8 Å². The molecule has 0 unspecified atom stereocenters. The zero-order valence-corrected chi connectivity index (χ0v) is 19.1. The standard InChI is InChI=1S/C25H24F5NO4/c1-3-4-13-35-16-9-10-18(20(14-16)25(28,29)30)23(33)31-12-11-24(26,27)19(15-22(32)34-2)17-7-5-6-8-21(17)31/h5-10,14-15H,3-4,11-13H2,1-2H3/b19-15-. The molecule has 2 aromatic rings. The van der Waals surface area contributed by atoms with E-state index in [1.54, 1.807) is 0 Å². The van der Waals surface area contributed by atoms with Crippen LogP contribution in [0.5, 0.6) is 5.75 Å². The van der Waals surface area contributed by atoms with Gasteiger partial charge in [-0.05, 0) is 30.7 Å². The van der Waals surface area contributed by atoms with Gasteiger partial charge in [-0.2, -0.15) is 13.2 Å². The lowest BCUT2D eigenvalue weighted by molar-refractivity contribution is -0.138. The fourth-order valence-electron chi connectivity index (χ4n) is 3.73. The molecule has 10 heteroatoms. The lowest BCUT2D eigenvalue weighted by Gasteiger charge is -2.24. The minimum Gasteiger partial charge on any atom is -0.494 e. The van der Waals surface area contributed by atoms with Crippen LogP contribution in [0.3, 0.4) is 0 Å². The number of ether oxygens (including phenoxy) is 2. The number of rotatable bonds is 6. The highest BCUT2D eigenvalue weighted by Crippen LogP contribution is 2.44. The Morgan fingerprint density at radius 3 is 2.51 bits per heavy atom. The lowest BCUT2D eigenvalue weighted by Crippen LogP contribution is -2.34. The van der Waals surface area contributed by atoms with Gasteiger partial charge in [0.25, 0.3) is 11.8 Å². The van der Waals surface area contributed by atoms with Crippen molar-refractivity contribution in [2.45, 2.75) is 38.3 Å². The van der Waals surface area contributed by atoms with Gasteiger partial charge in [0.05, 0.1) is 30.5 Å². The molecule has 0 atom stereocenters. The van der Waals surface area contributed by atoms with Crippen molar-refractivity contribution in [1.82, 2.24) is 0 Å². The summed E-state index contributed by atoms with van der Waals surface area (Å²) in [5, 5.41) is 0. The van der Waals surface area contributed by atoms with Crippen LogP contribution in [-0.2, 0) is 15.7 Å². The summed E-state index contributed by atoms with van der Waals surface area (Å²) in [7, 11) is 1.03. The summed E-state index contributed by atoms with van der Waals surface area (Å²) in [4.78, 5) is 26.0. The number of hydrogen-bond donors (Lipinski definition) is 0. The molecular formula is C25H24F5NO4. The highest BCUT2D eigenvalue weighted by Gasteiger charge is 2.43. The molecule has 0 N–H and O–H groups in total. The quantitative estimate of drug-likeness (QED) is 0.209. The minimum absolute atomic E-state index is 0.0405. The van der Waals surface area contributed by atoms with Gasteiger partial charge in [-0.3, -0.25) is 4.79 Å². The molecule has 0 bridgehead atoms. The molecule has 0 fully saturated rings. The Bertz CT molecular complexity index is 1130. The van der Waals surface area contributed by atoms with E-state index in [0.717, 1.165) is 30.6 Å². The lowest BCUT2D eigenvalue weighted by atomic mass is 9.97. The normalized spacial score (nSPS) is 16.4. The van der Waals surface area contributed by atoms with Gasteiger partial charge in [-0.1, -0.05) is 31.5 Å². The molecule has 0 saturated heterocycles. The largest absolute Gasteiger partial charge is 0.494 e. The van der Waals surface area contributed by atoms with Crippen molar-refractivity contribution >= 4 is 23.1 Å². The highest BCUT2D eigenvalue weighted by atomic mass is 19.4. The molecule has 1 heterocycles. The van der Waals surface area contributed by atoms with E-state index in [-0.39, 0.29) is 23.6 Å². The molecular weight excluding hydrogens is 473 g/mol. The smallest absolute Gasteiger partial charge is 0.417 e. The van der Waals surface area contributed by atoms with Gasteiger partial charge in [0.2, 0.25) is 0 Å². The van der Waals surface area contributed by atoms with Crippen molar-refractivity contribution in [2.24, 2.45) is 0 Å². The average Bonchev–Trinajstić information content (AvgIpc) is 2.92. The number of halogens is 5. The molecule has 0 aromatic heterocycles. The first-order valence-corrected chi connectivity index (χ1v) is 10.9. The molecule has 0 radical (unpaired) electrons. The highest BCUT2D eigenvalue weighted by molar-refractivity contribution is 6.09. The van der Waals surface area contributed by atoms with Crippen LogP contribution in [0.15, 0.2) is 48.5 Å². The van der Waals surface area contributed by atoms with Gasteiger partial charge in [0.1, 0.15) is 5.75 Å². The van der Waals surface area contributed by atoms with E-state index >= 15 is 8.78 Å². The predicted molar refractivity (Wildman–Crippen MR) is 120 cm³/mol. The SMILES string of the molecule is CCCCOc1ccc(C(=O)N2CCC(F)(F)/C(=C\C(=O)OC)c3ccccc32)c(C(F)(F)F)c1. The van der Waals surface area contributed by atoms with Crippen LogP contribution < -0.4 is 9.64 Å². The first kappa shape index (κ1) is 26.2. The van der Waals surface area contributed by atoms with E-state index in [1.165, 1.54) is 30.3 Å². The molecule has 3 rings (SSSR count). The van der Waals surface area contributed by atoms with Crippen LogP contribution in [0.25, 0.3) is 5.57 Å². The van der Waals surface area contributed by atoms with Gasteiger partial charge in [-0.15, -0.1) is 0 Å². The van der Waals surface area contributed by atoms with E-state index in [2.05, 4.69) is 4.74 Å². The fourth-order valence-corrected chi connectivity index (χ4v) is 3.73. The molecule has 0 spiro atoms. The zero-order valence-electron chi connectivity index (χ0n) is 19.1. The van der Waals surface area contributed by atoms with Crippen molar-refractivity contribution in [1.29, 1.82) is 0 Å². The Morgan fingerprint density at radius 2 is 1.86 bits per heavy atom. The molecule has 5 nitrogen and oxygen atoms in total. The van der Waals surface area contributed by atoms with Gasteiger partial charge in [0.15, 0.2) is 0 Å². The number of anilines is 1. The Balaban J connectivity index is 2.09. The Kier molecular flexibility index (Phi) is 7.82. The van der Waals surface area contributed by atoms with Crippen molar-refractivity contribution in [3.63, 3.8) is 0 Å². The number of esters is 1. The van der Waals surface area contributed by atoms with Crippen LogP contribution in [0.2, 0.25) is 0 Å². The molecule has 2 aromatic carbocycles. The molecule has 1 aliphatic rings. The Labute approximate surface area is 199 Å². The summed E-state index contributed by atoms with van der Waals surface area (Å²) in [5.41, 5.74) is -2.79. The zero-order chi connectivity index (χ0) is 25.8. The van der Waals surface area contributed by atoms with Crippen molar-refractivity contribution in [3.8, 4) is 5.75 Å². The second-order valence-electron chi connectivity index (χ2n) is 7.92. The number of hydrogen-bond acceptors (Lipinski definition) is 4. The number of amides is 1. The third-order valence-electron chi connectivity index (χ3n) is 5.53. The van der Waals surface area contributed by atoms with Crippen LogP contribution in [0.4, 0.5) is 27.6 Å². The minimum atomic E-state index is -4.89. The summed E-state index contributed by atoms with van der Waals surface area (Å²) in [6.45, 7) is 1.54. The second-order valence-corrected chi connectivity index (χ2v) is 7.92. The first-order chi connectivity index (χ1) is 16.5. The summed E-state index contributed by atoms with van der Waals surface area (Å²) >= 11 is 0. The Morgan fingerprint density at radius 1 is 1.14 bits per heavy atom. The fraction of sp³-hybridized carbons (Fsp3) is 0.360. The number of nitrogens with zero attached hydrogens (tertiary/aromatic N) is 1. The summed E-state index contributed by atoms with van der Waals surface area (Å²) in [6, 6.07) is 8.49. The summed E-state index contributed by atoms with van der Waals surface area (Å²) < 4.78 is 81.5. The number of methoxy groups -OCH3 is 1. The number of alkyl halides is 5. The monoisotopic (exact) mass is 497 g/mol. The third kappa shape index (κ3) is 5.80. The van der Waals surface area contributed by atoms with Crippen molar-refractivity contribution in [2.75, 3.05) is 25.2 Å². The molecule has 1 aliphatic heterocycles. The number of unbranched alkanes of at least 4 members (excludes halogenated alkanes) is 1. The number of allylic oxidation sites excluding steroid dienone is 1. The average molecular weight is 497 g/mol. The maximum absolute atomic E-state index is 15.0. The van der Waals surface area contributed by atoms with E-state index in [0.29, 0.717) is 12.5 Å². The maximum atomic E-state index is 15.0. The summed E-state index contributed by atoms with van der Waals surface area (Å²) in [5.74, 6) is -5.70. The predicted octanol–water partition coefficient (Wildman–Crippen LogP) is 6.13. The second kappa shape index (κ2) is 10.5. The first-order valence-electron chi connectivity index (χ1n) is 10.9. The Hall–Kier alpha value is -3.43. The van der Waals surface area contributed by atoms with E-state index in [4.69, 9.17) is 4.74 Å². The van der Waals surface area contributed by atoms with E-state index in [1.807, 2.05) is 6.92 Å². The molecule has 0 saturated carbocycles. The number of carbonyl (C=O) groups excluding carboxylic acids is 2. The van der Waals surface area contributed by atoms with Crippen LogP contribution in [0.1, 0.15) is 47.7 Å². The maximum Gasteiger partial charge on any atom is 0.417 e. The summed E-state index contributed by atoms with van der Waals surface area (Å²) in [6.07, 6.45) is -3.73. The molecule has 35 heavy (non-hydrogen) atoms. The number of para-hydroxylation sites is 1. The van der Waals surface area contributed by atoms with Gasteiger partial charge >= 0.3 is 12.1 Å². The third-order valence-corrected chi connectivity index (χ3v) is 5.53. The van der Waals surface area contributed by atoms with Crippen LogP contribution in [0, 0.1) is 0 Å². The molecule has 1 amide bonds. The number of fused-ring (bicyclic) bond motifs is 1. The molecule has 188 valence electrons. The van der Waals surface area contributed by atoms with Gasteiger partial charge in [-0.25, -0.2) is 13.6 Å². The van der Waals surface area contributed by atoms with Crippen molar-refractivity contribution < 1.29 is 41.0 Å². The van der Waals surface area contributed by atoms with Gasteiger partial charge in [0, 0.05) is 30.2 Å². The number of benzene rings is 2. The van der Waals surface area contributed by atoms with Crippen LogP contribution >= 0.6 is 0 Å². The van der Waals surface area contributed by atoms with E-state index in [9.17, 15) is 22.8 Å². The number of carbonyl (C=O) groups is 2. The van der Waals surface area contributed by atoms with Gasteiger partial charge < -0.3 is 14.4 Å². The molecule has 0 aliphatic carbocycles. The van der Waals surface area contributed by atoms with Crippen molar-refractivity contribution in [3.05, 3.63) is 65.2 Å². The van der Waals surface area contributed by atoms with E-state index < -0.39 is 53.6 Å².